The molecule has 0 rings (SSSR count). The summed E-state index contributed by atoms with van der Waals surface area (Å²) in [6.07, 6.45) is -1.01. The first-order chi connectivity index (χ1) is 9.92. The van der Waals surface area contributed by atoms with Gasteiger partial charge in [-0.15, -0.1) is 11.6 Å². The molecule has 0 heterocycles. The minimum atomic E-state index is -0.766. The van der Waals surface area contributed by atoms with Crippen molar-refractivity contribution in [3.63, 3.8) is 0 Å². The fraction of sp³-hybridized carbons (Fsp3) is 0.667. The highest BCUT2D eigenvalue weighted by molar-refractivity contribution is 6.18. The minimum Gasteiger partial charge on any atom is -0.469 e. The van der Waals surface area contributed by atoms with Crippen LogP contribution in [0.5, 0.6) is 0 Å². The number of hydrogen-bond donors (Lipinski definition) is 0. The molecule has 0 bridgehead atoms. The van der Waals surface area contributed by atoms with E-state index in [2.05, 4.69) is 9.47 Å². The third-order valence-electron chi connectivity index (χ3n) is 2.21. The minimum absolute atomic E-state index is 0.0665. The summed E-state index contributed by atoms with van der Waals surface area (Å²) in [5.74, 6) is -3.35. The number of halogens is 1. The Morgan fingerprint density at radius 1 is 0.810 bits per heavy atom. The van der Waals surface area contributed by atoms with Gasteiger partial charge >= 0.3 is 23.9 Å². The van der Waals surface area contributed by atoms with Crippen molar-refractivity contribution in [3.8, 4) is 0 Å². The number of hydrogen-bond acceptors (Lipinski definition) is 8. The Balaban J connectivity index is 4.00. The highest BCUT2D eigenvalue weighted by Crippen LogP contribution is 2.04. The quantitative estimate of drug-likeness (QED) is 0.253. The van der Waals surface area contributed by atoms with Crippen molar-refractivity contribution >= 4 is 35.5 Å². The van der Waals surface area contributed by atoms with Crippen LogP contribution in [0.3, 0.4) is 0 Å². The molecule has 0 saturated heterocycles. The Bertz CT molecular complexity index is 347. The normalized spacial score (nSPS) is 9.90. The number of carbonyl (C=O) groups is 4. The smallest absolute Gasteiger partial charge is 0.317 e. The zero-order chi connectivity index (χ0) is 16.3. The predicted molar refractivity (Wildman–Crippen MR) is 69.4 cm³/mol. The zero-order valence-electron chi connectivity index (χ0n) is 11.8. The topological polar surface area (TPSA) is 105 Å². The van der Waals surface area contributed by atoms with Gasteiger partial charge in [-0.1, -0.05) is 0 Å². The van der Waals surface area contributed by atoms with Crippen molar-refractivity contribution in [2.45, 2.75) is 12.8 Å². The van der Waals surface area contributed by atoms with Crippen molar-refractivity contribution < 1.29 is 38.1 Å². The molecule has 0 N–H and O–H groups in total. The SMILES string of the molecule is COC(=O)CC(=O)OCC(CCl)COC(=O)CC(=O)OC. The molecule has 0 amide bonds. The van der Waals surface area contributed by atoms with E-state index in [1.54, 1.807) is 0 Å². The maximum Gasteiger partial charge on any atom is 0.317 e. The molecular weight excluding hydrogens is 308 g/mol. The largest absolute Gasteiger partial charge is 0.469 e. The average Bonchev–Trinajstić information content (AvgIpc) is 2.46. The average molecular weight is 325 g/mol. The molecule has 0 aromatic rings. The van der Waals surface area contributed by atoms with Crippen molar-refractivity contribution in [1.82, 2.24) is 0 Å². The fourth-order valence-electron chi connectivity index (χ4n) is 1.04. The summed E-state index contributed by atoms with van der Waals surface area (Å²) < 4.78 is 18.2. The van der Waals surface area contributed by atoms with Gasteiger partial charge in [0.15, 0.2) is 0 Å². The van der Waals surface area contributed by atoms with Crippen molar-refractivity contribution in [3.05, 3.63) is 0 Å². The van der Waals surface area contributed by atoms with E-state index in [0.717, 1.165) is 14.2 Å². The Morgan fingerprint density at radius 2 is 1.19 bits per heavy atom. The van der Waals surface area contributed by atoms with Gasteiger partial charge in [-0.3, -0.25) is 19.2 Å². The molecule has 0 aromatic carbocycles. The van der Waals surface area contributed by atoms with E-state index in [-0.39, 0.29) is 19.1 Å². The number of alkyl halides is 1. The summed E-state index contributed by atoms with van der Waals surface area (Å²) in [7, 11) is 2.30. The maximum atomic E-state index is 11.2. The summed E-state index contributed by atoms with van der Waals surface area (Å²) in [5, 5.41) is 0. The second-order valence-corrected chi connectivity index (χ2v) is 4.20. The first-order valence-electron chi connectivity index (χ1n) is 5.93. The molecule has 0 aliphatic carbocycles. The van der Waals surface area contributed by atoms with E-state index >= 15 is 0 Å². The molecule has 9 heteroatoms. The predicted octanol–water partition coefficient (Wildman–Crippen LogP) is 0.0540. The summed E-state index contributed by atoms with van der Waals surface area (Å²) >= 11 is 5.63. The van der Waals surface area contributed by atoms with Gasteiger partial charge in [-0.2, -0.15) is 0 Å². The van der Waals surface area contributed by atoms with E-state index < -0.39 is 42.6 Å². The van der Waals surface area contributed by atoms with Crippen LogP contribution in [0, 0.1) is 5.92 Å². The van der Waals surface area contributed by atoms with Gasteiger partial charge in [0, 0.05) is 11.8 Å². The summed E-state index contributed by atoms with van der Waals surface area (Å²) in [5.41, 5.74) is 0. The molecule has 0 aliphatic heterocycles. The van der Waals surface area contributed by atoms with E-state index in [9.17, 15) is 19.2 Å². The second kappa shape index (κ2) is 10.9. The number of ether oxygens (including phenoxy) is 4. The van der Waals surface area contributed by atoms with Crippen LogP contribution in [0.2, 0.25) is 0 Å². The third kappa shape index (κ3) is 9.67. The highest BCUT2D eigenvalue weighted by Gasteiger charge is 2.17. The summed E-state index contributed by atoms with van der Waals surface area (Å²) in [6.45, 7) is -0.240. The van der Waals surface area contributed by atoms with Crippen molar-refractivity contribution in [2.75, 3.05) is 33.3 Å². The van der Waals surface area contributed by atoms with Crippen LogP contribution in [-0.2, 0) is 38.1 Å². The number of carbonyl (C=O) groups excluding carboxylic acids is 4. The molecule has 0 unspecified atom stereocenters. The first kappa shape index (κ1) is 19.2. The molecule has 21 heavy (non-hydrogen) atoms. The van der Waals surface area contributed by atoms with Crippen LogP contribution < -0.4 is 0 Å². The molecule has 0 spiro atoms. The molecule has 0 aromatic heterocycles. The van der Waals surface area contributed by atoms with Gasteiger partial charge in [-0.25, -0.2) is 0 Å². The van der Waals surface area contributed by atoms with Crippen LogP contribution in [0.15, 0.2) is 0 Å². The zero-order valence-corrected chi connectivity index (χ0v) is 12.5. The van der Waals surface area contributed by atoms with E-state index in [0.29, 0.717) is 0 Å². The lowest BCUT2D eigenvalue weighted by Gasteiger charge is -2.14. The lowest BCUT2D eigenvalue weighted by molar-refractivity contribution is -0.154. The first-order valence-corrected chi connectivity index (χ1v) is 6.47. The van der Waals surface area contributed by atoms with Crippen molar-refractivity contribution in [2.24, 2.45) is 5.92 Å². The molecular formula is C12H17ClO8. The van der Waals surface area contributed by atoms with E-state index in [1.807, 2.05) is 0 Å². The van der Waals surface area contributed by atoms with Crippen LogP contribution in [0.25, 0.3) is 0 Å². The van der Waals surface area contributed by atoms with Gasteiger partial charge in [0.2, 0.25) is 0 Å². The standard InChI is InChI=1S/C12H17ClO8/c1-18-9(14)3-11(16)20-6-8(5-13)7-21-12(17)4-10(15)19-2/h8H,3-7H2,1-2H3. The Labute approximate surface area is 126 Å². The van der Waals surface area contributed by atoms with Gasteiger partial charge in [0.25, 0.3) is 0 Å². The molecule has 0 radical (unpaired) electrons. The monoisotopic (exact) mass is 324 g/mol. The van der Waals surface area contributed by atoms with Crippen LogP contribution >= 0.6 is 11.6 Å². The van der Waals surface area contributed by atoms with Gasteiger partial charge < -0.3 is 18.9 Å². The van der Waals surface area contributed by atoms with E-state index in [1.165, 1.54) is 0 Å². The lowest BCUT2D eigenvalue weighted by atomic mass is 10.2. The van der Waals surface area contributed by atoms with Crippen LogP contribution in [-0.4, -0.2) is 57.2 Å². The maximum absolute atomic E-state index is 11.2. The second-order valence-electron chi connectivity index (χ2n) is 3.89. The molecule has 0 fully saturated rings. The molecule has 8 nitrogen and oxygen atoms in total. The Morgan fingerprint density at radius 3 is 1.48 bits per heavy atom. The lowest BCUT2D eigenvalue weighted by Crippen LogP contribution is -2.24. The van der Waals surface area contributed by atoms with E-state index in [4.69, 9.17) is 21.1 Å². The number of methoxy groups -OCH3 is 2. The highest BCUT2D eigenvalue weighted by atomic mass is 35.5. The molecule has 0 aliphatic rings. The van der Waals surface area contributed by atoms with Crippen LogP contribution in [0.4, 0.5) is 0 Å². The molecule has 120 valence electrons. The fourth-order valence-corrected chi connectivity index (χ4v) is 1.22. The van der Waals surface area contributed by atoms with Gasteiger partial charge in [0.05, 0.1) is 27.4 Å². The van der Waals surface area contributed by atoms with Crippen LogP contribution in [0.1, 0.15) is 12.8 Å². The number of esters is 4. The summed E-state index contributed by atoms with van der Waals surface area (Å²) in [6, 6.07) is 0. The Kier molecular flexibility index (Phi) is 9.95. The van der Waals surface area contributed by atoms with Gasteiger partial charge in [0.1, 0.15) is 12.8 Å². The van der Waals surface area contributed by atoms with Crippen molar-refractivity contribution in [1.29, 1.82) is 0 Å². The molecule has 0 atom stereocenters. The van der Waals surface area contributed by atoms with Gasteiger partial charge in [-0.05, 0) is 0 Å². The third-order valence-corrected chi connectivity index (χ3v) is 2.65. The Hall–Kier alpha value is -1.83. The number of rotatable bonds is 9. The summed E-state index contributed by atoms with van der Waals surface area (Å²) in [4.78, 5) is 44.1. The molecule has 0 saturated carbocycles.